The molecule has 0 bridgehead atoms. The van der Waals surface area contributed by atoms with Crippen molar-refractivity contribution < 1.29 is 4.42 Å². The van der Waals surface area contributed by atoms with E-state index in [-0.39, 0.29) is 0 Å². The molecule has 1 heterocycles. The fourth-order valence-corrected chi connectivity index (χ4v) is 3.46. The number of furan rings is 1. The van der Waals surface area contributed by atoms with Crippen LogP contribution in [0.3, 0.4) is 0 Å². The molecule has 0 radical (unpaired) electrons. The van der Waals surface area contributed by atoms with Crippen molar-refractivity contribution >= 4 is 11.0 Å². The van der Waals surface area contributed by atoms with Crippen LogP contribution in [0.5, 0.6) is 0 Å². The minimum atomic E-state index is 0.478. The second-order valence-corrected chi connectivity index (χ2v) is 6.95. The number of benzene rings is 1. The summed E-state index contributed by atoms with van der Waals surface area (Å²) < 4.78 is 6.21. The lowest BCUT2D eigenvalue weighted by Gasteiger charge is -2.15. The Bertz CT molecular complexity index is 637. The van der Waals surface area contributed by atoms with Gasteiger partial charge in [-0.15, -0.1) is 0 Å². The van der Waals surface area contributed by atoms with E-state index in [0.717, 1.165) is 17.9 Å². The van der Waals surface area contributed by atoms with Gasteiger partial charge in [-0.05, 0) is 54.9 Å². The molecule has 21 heavy (non-hydrogen) atoms. The van der Waals surface area contributed by atoms with Gasteiger partial charge >= 0.3 is 0 Å². The van der Waals surface area contributed by atoms with Crippen LogP contribution in [0.15, 0.2) is 16.5 Å². The molecule has 1 aromatic heterocycles. The van der Waals surface area contributed by atoms with Crippen LogP contribution in [0.4, 0.5) is 0 Å². The van der Waals surface area contributed by atoms with Gasteiger partial charge in [-0.3, -0.25) is 0 Å². The monoisotopic (exact) mass is 285 g/mol. The van der Waals surface area contributed by atoms with Crippen LogP contribution in [-0.4, -0.2) is 6.04 Å². The lowest BCUT2D eigenvalue weighted by atomic mass is 9.89. The molecule has 1 aliphatic carbocycles. The maximum absolute atomic E-state index is 6.21. The largest absolute Gasteiger partial charge is 0.459 e. The molecule has 1 aliphatic rings. The first-order valence-electron chi connectivity index (χ1n) is 8.36. The van der Waals surface area contributed by atoms with E-state index in [9.17, 15) is 0 Å². The molecule has 114 valence electrons. The molecule has 0 unspecified atom stereocenters. The van der Waals surface area contributed by atoms with Crippen molar-refractivity contribution in [3.63, 3.8) is 0 Å². The summed E-state index contributed by atoms with van der Waals surface area (Å²) in [6, 6.07) is 5.18. The Morgan fingerprint density at radius 2 is 1.71 bits per heavy atom. The SMILES string of the molecule is CC(C)NCc1oc2cc3c(cc2c1C(C)C)CCCC3. The minimum Gasteiger partial charge on any atom is -0.459 e. The summed E-state index contributed by atoms with van der Waals surface area (Å²) in [5, 5.41) is 4.83. The Morgan fingerprint density at radius 1 is 1.05 bits per heavy atom. The number of nitrogens with one attached hydrogen (secondary N) is 1. The van der Waals surface area contributed by atoms with Gasteiger partial charge < -0.3 is 9.73 Å². The van der Waals surface area contributed by atoms with E-state index < -0.39 is 0 Å². The van der Waals surface area contributed by atoms with Crippen LogP contribution in [0.25, 0.3) is 11.0 Å². The fourth-order valence-electron chi connectivity index (χ4n) is 3.46. The minimum absolute atomic E-state index is 0.478. The number of aryl methyl sites for hydroxylation is 2. The number of fused-ring (bicyclic) bond motifs is 2. The molecule has 1 aromatic carbocycles. The van der Waals surface area contributed by atoms with Gasteiger partial charge in [0.15, 0.2) is 0 Å². The summed E-state index contributed by atoms with van der Waals surface area (Å²) >= 11 is 0. The van der Waals surface area contributed by atoms with Gasteiger partial charge in [0.2, 0.25) is 0 Å². The second-order valence-electron chi connectivity index (χ2n) is 6.95. The Labute approximate surface area is 127 Å². The van der Waals surface area contributed by atoms with E-state index in [1.807, 2.05) is 0 Å². The third-order valence-corrected chi connectivity index (χ3v) is 4.52. The normalized spacial score (nSPS) is 15.1. The molecule has 0 amide bonds. The quantitative estimate of drug-likeness (QED) is 0.861. The van der Waals surface area contributed by atoms with Gasteiger partial charge in [-0.25, -0.2) is 0 Å². The second kappa shape index (κ2) is 5.84. The van der Waals surface area contributed by atoms with Crippen molar-refractivity contribution in [3.8, 4) is 0 Å². The lowest BCUT2D eigenvalue weighted by Crippen LogP contribution is -2.22. The average Bonchev–Trinajstić information content (AvgIpc) is 2.79. The predicted octanol–water partition coefficient (Wildman–Crippen LogP) is 4.93. The van der Waals surface area contributed by atoms with Gasteiger partial charge in [0.1, 0.15) is 11.3 Å². The highest BCUT2D eigenvalue weighted by Gasteiger charge is 2.20. The molecule has 3 rings (SSSR count). The molecule has 0 saturated heterocycles. The third-order valence-electron chi connectivity index (χ3n) is 4.52. The standard InChI is InChI=1S/C19H27NO/c1-12(2)19-16-9-14-7-5-6-8-15(14)10-17(16)21-18(19)11-20-13(3)4/h9-10,12-13,20H,5-8,11H2,1-4H3. The smallest absolute Gasteiger partial charge is 0.134 e. The van der Waals surface area contributed by atoms with E-state index >= 15 is 0 Å². The van der Waals surface area contributed by atoms with Crippen LogP contribution >= 0.6 is 0 Å². The molecule has 0 aliphatic heterocycles. The Hall–Kier alpha value is -1.28. The highest BCUT2D eigenvalue weighted by molar-refractivity contribution is 5.84. The van der Waals surface area contributed by atoms with Crippen LogP contribution in [0.1, 0.15) is 68.9 Å². The molecular weight excluding hydrogens is 258 g/mol. The zero-order valence-electron chi connectivity index (χ0n) is 13.8. The molecule has 0 fully saturated rings. The summed E-state index contributed by atoms with van der Waals surface area (Å²) in [4.78, 5) is 0. The van der Waals surface area contributed by atoms with Gasteiger partial charge in [0, 0.05) is 17.0 Å². The topological polar surface area (TPSA) is 25.2 Å². The van der Waals surface area contributed by atoms with Crippen molar-refractivity contribution in [2.75, 3.05) is 0 Å². The third kappa shape index (κ3) is 2.87. The number of hydrogen-bond donors (Lipinski definition) is 1. The van der Waals surface area contributed by atoms with Gasteiger partial charge in [-0.1, -0.05) is 27.7 Å². The zero-order valence-corrected chi connectivity index (χ0v) is 13.8. The molecule has 0 saturated carbocycles. The average molecular weight is 285 g/mol. The van der Waals surface area contributed by atoms with Crippen LogP contribution in [0.2, 0.25) is 0 Å². The van der Waals surface area contributed by atoms with Crippen molar-refractivity contribution in [2.45, 2.75) is 71.9 Å². The molecular formula is C19H27NO. The van der Waals surface area contributed by atoms with E-state index in [2.05, 4.69) is 45.1 Å². The highest BCUT2D eigenvalue weighted by atomic mass is 16.3. The fraction of sp³-hybridized carbons (Fsp3) is 0.579. The Morgan fingerprint density at radius 3 is 2.33 bits per heavy atom. The van der Waals surface area contributed by atoms with Crippen LogP contribution in [0, 0.1) is 0 Å². The first kappa shape index (κ1) is 14.6. The van der Waals surface area contributed by atoms with Crippen molar-refractivity contribution in [2.24, 2.45) is 0 Å². The van der Waals surface area contributed by atoms with E-state index in [1.54, 1.807) is 5.56 Å². The molecule has 1 N–H and O–H groups in total. The van der Waals surface area contributed by atoms with Gasteiger partial charge in [0.25, 0.3) is 0 Å². The van der Waals surface area contributed by atoms with Crippen LogP contribution < -0.4 is 5.32 Å². The Balaban J connectivity index is 2.08. The first-order chi connectivity index (χ1) is 10.1. The maximum Gasteiger partial charge on any atom is 0.134 e. The predicted molar refractivity (Wildman–Crippen MR) is 88.9 cm³/mol. The van der Waals surface area contributed by atoms with Gasteiger partial charge in [-0.2, -0.15) is 0 Å². The molecule has 2 nitrogen and oxygen atoms in total. The molecule has 2 aromatic rings. The van der Waals surface area contributed by atoms with Gasteiger partial charge in [0.05, 0.1) is 6.54 Å². The van der Waals surface area contributed by atoms with Crippen LogP contribution in [-0.2, 0) is 19.4 Å². The summed E-state index contributed by atoms with van der Waals surface area (Å²) in [6.45, 7) is 9.71. The molecule has 0 atom stereocenters. The zero-order chi connectivity index (χ0) is 15.0. The summed E-state index contributed by atoms with van der Waals surface area (Å²) in [5.41, 5.74) is 5.52. The molecule has 0 spiro atoms. The summed E-state index contributed by atoms with van der Waals surface area (Å²) in [5.74, 6) is 1.62. The summed E-state index contributed by atoms with van der Waals surface area (Å²) in [7, 11) is 0. The van der Waals surface area contributed by atoms with E-state index in [4.69, 9.17) is 4.42 Å². The lowest BCUT2D eigenvalue weighted by molar-refractivity contribution is 0.480. The van der Waals surface area contributed by atoms with E-state index in [1.165, 1.54) is 42.2 Å². The van der Waals surface area contributed by atoms with E-state index in [0.29, 0.717) is 12.0 Å². The highest BCUT2D eigenvalue weighted by Crippen LogP contribution is 2.35. The van der Waals surface area contributed by atoms with Crippen molar-refractivity contribution in [1.29, 1.82) is 0 Å². The summed E-state index contributed by atoms with van der Waals surface area (Å²) in [6.07, 6.45) is 5.09. The van der Waals surface area contributed by atoms with Crippen molar-refractivity contribution in [1.82, 2.24) is 5.32 Å². The maximum atomic E-state index is 6.21. The number of rotatable bonds is 4. The number of hydrogen-bond acceptors (Lipinski definition) is 2. The Kier molecular flexibility index (Phi) is 4.08. The first-order valence-corrected chi connectivity index (χ1v) is 8.36. The molecule has 2 heteroatoms. The van der Waals surface area contributed by atoms with Crippen molar-refractivity contribution in [3.05, 3.63) is 34.6 Å².